The Bertz CT molecular complexity index is 679. The van der Waals surface area contributed by atoms with E-state index in [2.05, 4.69) is 31.6 Å². The standard InChI is InChI=1S/C13H10BrF3N4O/c14-10-3-1-9(2-4-10)7-18-19-12(22)8-21-6-5-11(20-21)13(15,16)17/h1-7H,8H2,(H,19,22)/b18-7-. The van der Waals surface area contributed by atoms with Crippen LogP contribution in [0.4, 0.5) is 13.2 Å². The van der Waals surface area contributed by atoms with Gasteiger partial charge in [-0.2, -0.15) is 23.4 Å². The first-order chi connectivity index (χ1) is 10.3. The Morgan fingerprint density at radius 1 is 1.32 bits per heavy atom. The van der Waals surface area contributed by atoms with Crippen LogP contribution in [-0.2, 0) is 17.5 Å². The average molecular weight is 375 g/mol. The molecule has 0 aliphatic carbocycles. The van der Waals surface area contributed by atoms with E-state index in [9.17, 15) is 18.0 Å². The van der Waals surface area contributed by atoms with E-state index in [1.165, 1.54) is 6.21 Å². The monoisotopic (exact) mass is 374 g/mol. The van der Waals surface area contributed by atoms with Crippen molar-refractivity contribution in [1.29, 1.82) is 0 Å². The SMILES string of the molecule is O=C(Cn1ccc(C(F)(F)F)n1)N/N=C\c1ccc(Br)cc1. The minimum atomic E-state index is -4.53. The summed E-state index contributed by atoms with van der Waals surface area (Å²) in [5.74, 6) is -0.579. The number of hydrogen-bond acceptors (Lipinski definition) is 3. The molecule has 2 rings (SSSR count). The summed E-state index contributed by atoms with van der Waals surface area (Å²) >= 11 is 3.29. The number of carbonyl (C=O) groups is 1. The maximum absolute atomic E-state index is 12.4. The summed E-state index contributed by atoms with van der Waals surface area (Å²) in [5, 5.41) is 6.99. The van der Waals surface area contributed by atoms with E-state index in [1.807, 2.05) is 12.1 Å². The molecule has 116 valence electrons. The topological polar surface area (TPSA) is 59.3 Å². The lowest BCUT2D eigenvalue weighted by Crippen LogP contribution is -2.23. The number of rotatable bonds is 4. The van der Waals surface area contributed by atoms with Gasteiger partial charge in [-0.1, -0.05) is 28.1 Å². The molecule has 0 radical (unpaired) electrons. The summed E-state index contributed by atoms with van der Waals surface area (Å²) in [5.41, 5.74) is 1.94. The number of halogens is 4. The number of aromatic nitrogens is 2. The van der Waals surface area contributed by atoms with Crippen molar-refractivity contribution in [2.45, 2.75) is 12.7 Å². The van der Waals surface area contributed by atoms with E-state index in [4.69, 9.17) is 0 Å². The van der Waals surface area contributed by atoms with Gasteiger partial charge < -0.3 is 0 Å². The first-order valence-corrected chi connectivity index (χ1v) is 6.82. The third-order valence-corrected chi connectivity index (χ3v) is 3.04. The van der Waals surface area contributed by atoms with E-state index in [1.54, 1.807) is 12.1 Å². The van der Waals surface area contributed by atoms with Gasteiger partial charge in [-0.15, -0.1) is 0 Å². The molecule has 22 heavy (non-hydrogen) atoms. The third-order valence-electron chi connectivity index (χ3n) is 2.51. The molecule has 0 aliphatic heterocycles. The molecule has 0 saturated carbocycles. The average Bonchev–Trinajstić information content (AvgIpc) is 2.89. The molecule has 0 aliphatic rings. The van der Waals surface area contributed by atoms with Crippen LogP contribution in [0.25, 0.3) is 0 Å². The van der Waals surface area contributed by atoms with Gasteiger partial charge in [0.25, 0.3) is 5.91 Å². The number of nitrogens with zero attached hydrogens (tertiary/aromatic N) is 3. The van der Waals surface area contributed by atoms with Crippen molar-refractivity contribution in [2.75, 3.05) is 0 Å². The molecule has 0 fully saturated rings. The first-order valence-electron chi connectivity index (χ1n) is 6.03. The van der Waals surface area contributed by atoms with Crippen molar-refractivity contribution in [2.24, 2.45) is 5.10 Å². The molecule has 2 aromatic rings. The highest BCUT2D eigenvalue weighted by Gasteiger charge is 2.33. The lowest BCUT2D eigenvalue weighted by molar-refractivity contribution is -0.141. The number of hydrazone groups is 1. The van der Waals surface area contributed by atoms with E-state index in [-0.39, 0.29) is 6.54 Å². The molecule has 5 nitrogen and oxygen atoms in total. The van der Waals surface area contributed by atoms with E-state index in [0.717, 1.165) is 27.0 Å². The molecule has 1 heterocycles. The Morgan fingerprint density at radius 3 is 2.59 bits per heavy atom. The highest BCUT2D eigenvalue weighted by Crippen LogP contribution is 2.27. The van der Waals surface area contributed by atoms with Gasteiger partial charge in [0.1, 0.15) is 6.54 Å². The lowest BCUT2D eigenvalue weighted by atomic mass is 10.2. The fourth-order valence-corrected chi connectivity index (χ4v) is 1.78. The van der Waals surface area contributed by atoms with Gasteiger partial charge >= 0.3 is 6.18 Å². The van der Waals surface area contributed by atoms with Gasteiger partial charge in [0.2, 0.25) is 0 Å². The molecule has 1 amide bonds. The Morgan fingerprint density at radius 2 is 2.00 bits per heavy atom. The van der Waals surface area contributed by atoms with Gasteiger partial charge in [-0.3, -0.25) is 9.48 Å². The number of nitrogens with one attached hydrogen (secondary N) is 1. The van der Waals surface area contributed by atoms with Crippen LogP contribution < -0.4 is 5.43 Å². The number of amides is 1. The predicted molar refractivity (Wildman–Crippen MR) is 77.1 cm³/mol. The van der Waals surface area contributed by atoms with E-state index < -0.39 is 17.8 Å². The highest BCUT2D eigenvalue weighted by molar-refractivity contribution is 9.10. The van der Waals surface area contributed by atoms with Gasteiger partial charge in [-0.25, -0.2) is 5.43 Å². The predicted octanol–water partition coefficient (Wildman–Crippen LogP) is 2.81. The molecule has 0 unspecified atom stereocenters. The summed E-state index contributed by atoms with van der Waals surface area (Å²) in [6, 6.07) is 7.99. The molecule has 0 bridgehead atoms. The number of benzene rings is 1. The minimum absolute atomic E-state index is 0.353. The fourth-order valence-electron chi connectivity index (χ4n) is 1.51. The van der Waals surface area contributed by atoms with Crippen LogP contribution in [0.5, 0.6) is 0 Å². The molecular formula is C13H10BrF3N4O. The van der Waals surface area contributed by atoms with Crippen LogP contribution in [0.1, 0.15) is 11.3 Å². The number of hydrogen-bond donors (Lipinski definition) is 1. The summed E-state index contributed by atoms with van der Waals surface area (Å²) in [7, 11) is 0. The van der Waals surface area contributed by atoms with E-state index in [0.29, 0.717) is 0 Å². The van der Waals surface area contributed by atoms with Crippen molar-refractivity contribution in [3.8, 4) is 0 Å². The maximum Gasteiger partial charge on any atom is 0.435 e. The molecule has 1 aromatic carbocycles. The summed E-state index contributed by atoms with van der Waals surface area (Å²) in [6.45, 7) is -0.353. The van der Waals surface area contributed by atoms with Crippen LogP contribution in [0.3, 0.4) is 0 Å². The summed E-state index contributed by atoms with van der Waals surface area (Å²) in [4.78, 5) is 11.5. The lowest BCUT2D eigenvalue weighted by Gasteiger charge is -2.02. The molecule has 1 N–H and O–H groups in total. The van der Waals surface area contributed by atoms with Gasteiger partial charge in [0.15, 0.2) is 5.69 Å². The molecule has 9 heteroatoms. The Kier molecular flexibility index (Phi) is 4.96. The molecule has 0 spiro atoms. The summed E-state index contributed by atoms with van der Waals surface area (Å²) < 4.78 is 38.9. The van der Waals surface area contributed by atoms with Gasteiger partial charge in [0, 0.05) is 10.7 Å². The van der Waals surface area contributed by atoms with Crippen LogP contribution in [-0.4, -0.2) is 21.9 Å². The summed E-state index contributed by atoms with van der Waals surface area (Å²) in [6.07, 6.45) is -2.02. The normalized spacial score (nSPS) is 11.8. The number of alkyl halides is 3. The van der Waals surface area contributed by atoms with Gasteiger partial charge in [0.05, 0.1) is 6.21 Å². The molecule has 0 atom stereocenters. The third kappa shape index (κ3) is 4.69. The van der Waals surface area contributed by atoms with Gasteiger partial charge in [-0.05, 0) is 23.8 Å². The van der Waals surface area contributed by atoms with Crippen molar-refractivity contribution < 1.29 is 18.0 Å². The smallest absolute Gasteiger partial charge is 0.271 e. The van der Waals surface area contributed by atoms with Crippen molar-refractivity contribution in [3.63, 3.8) is 0 Å². The minimum Gasteiger partial charge on any atom is -0.271 e. The second kappa shape index (κ2) is 6.73. The van der Waals surface area contributed by atoms with Crippen LogP contribution in [0, 0.1) is 0 Å². The molecular weight excluding hydrogens is 365 g/mol. The maximum atomic E-state index is 12.4. The second-order valence-electron chi connectivity index (χ2n) is 4.24. The van der Waals surface area contributed by atoms with E-state index >= 15 is 0 Å². The van der Waals surface area contributed by atoms with Crippen molar-refractivity contribution in [1.82, 2.24) is 15.2 Å². The Labute approximate surface area is 131 Å². The van der Waals surface area contributed by atoms with Crippen LogP contribution in [0.2, 0.25) is 0 Å². The van der Waals surface area contributed by atoms with Crippen molar-refractivity contribution in [3.05, 3.63) is 52.3 Å². The zero-order valence-corrected chi connectivity index (χ0v) is 12.6. The molecule has 0 saturated heterocycles. The van der Waals surface area contributed by atoms with Crippen LogP contribution >= 0.6 is 15.9 Å². The Balaban J connectivity index is 1.88. The quantitative estimate of drug-likeness (QED) is 0.660. The zero-order chi connectivity index (χ0) is 16.2. The van der Waals surface area contributed by atoms with Crippen LogP contribution in [0.15, 0.2) is 46.1 Å². The number of carbonyl (C=O) groups excluding carboxylic acids is 1. The highest BCUT2D eigenvalue weighted by atomic mass is 79.9. The fraction of sp³-hybridized carbons (Fsp3) is 0.154. The molecule has 1 aromatic heterocycles. The first kappa shape index (κ1) is 16.2. The Hall–Kier alpha value is -2.16. The van der Waals surface area contributed by atoms with Crippen molar-refractivity contribution >= 4 is 28.1 Å². The second-order valence-corrected chi connectivity index (χ2v) is 5.16. The largest absolute Gasteiger partial charge is 0.435 e. The zero-order valence-electron chi connectivity index (χ0n) is 11.0.